The molecule has 2 aromatic rings. The standard InChI is InChI=1S/C21H25F4N7O2/c1-29-8-10-31(11-9-29)15-5-3-4-13(22)16(15)14-7-6-12-17(26)30(2)20(27)32(18(12)28-14)34-19(33)21(23,24)25/h3-7,17,20H,8-11,26-27H2,1-2H3. The number of likely N-dealkylation sites (N-methyl/N-ethyl adjacent to an activating group) is 1. The van der Waals surface area contributed by atoms with E-state index in [0.29, 0.717) is 23.8 Å². The molecule has 1 aromatic heterocycles. The van der Waals surface area contributed by atoms with Crippen molar-refractivity contribution in [3.8, 4) is 11.3 Å². The van der Waals surface area contributed by atoms with Crippen molar-refractivity contribution in [2.24, 2.45) is 11.5 Å². The van der Waals surface area contributed by atoms with Gasteiger partial charge in [-0.15, -0.1) is 0 Å². The quantitative estimate of drug-likeness (QED) is 0.630. The molecular weight excluding hydrogens is 458 g/mol. The molecule has 2 atom stereocenters. The molecule has 34 heavy (non-hydrogen) atoms. The minimum Gasteiger partial charge on any atom is -0.368 e. The van der Waals surface area contributed by atoms with E-state index in [2.05, 4.69) is 14.7 Å². The Morgan fingerprint density at radius 3 is 2.41 bits per heavy atom. The summed E-state index contributed by atoms with van der Waals surface area (Å²) in [5.74, 6) is -3.21. The molecule has 2 unspecified atom stereocenters. The Morgan fingerprint density at radius 2 is 1.76 bits per heavy atom. The predicted octanol–water partition coefficient (Wildman–Crippen LogP) is 1.61. The number of carbonyl (C=O) groups is 1. The van der Waals surface area contributed by atoms with Crippen LogP contribution in [0.5, 0.6) is 0 Å². The smallest absolute Gasteiger partial charge is 0.368 e. The predicted molar refractivity (Wildman–Crippen MR) is 117 cm³/mol. The zero-order valence-electron chi connectivity index (χ0n) is 18.6. The van der Waals surface area contributed by atoms with Gasteiger partial charge in [-0.25, -0.2) is 14.2 Å². The molecule has 0 spiro atoms. The number of pyridine rings is 1. The lowest BCUT2D eigenvalue weighted by molar-refractivity contribution is -0.204. The summed E-state index contributed by atoms with van der Waals surface area (Å²) in [5, 5.41) is 0.550. The SMILES string of the molecule is CN1CCN(c2cccc(F)c2-c2ccc3c(n2)N(OC(=O)C(F)(F)F)C(N)N(C)C3N)CC1. The van der Waals surface area contributed by atoms with E-state index in [-0.39, 0.29) is 22.6 Å². The van der Waals surface area contributed by atoms with Gasteiger partial charge >= 0.3 is 12.1 Å². The zero-order chi connectivity index (χ0) is 24.8. The zero-order valence-corrected chi connectivity index (χ0v) is 18.6. The molecule has 4 rings (SSSR count). The third kappa shape index (κ3) is 4.39. The molecule has 0 radical (unpaired) electrons. The third-order valence-corrected chi connectivity index (χ3v) is 6.03. The maximum atomic E-state index is 15.1. The fourth-order valence-electron chi connectivity index (χ4n) is 4.00. The van der Waals surface area contributed by atoms with Crippen molar-refractivity contribution in [1.29, 1.82) is 0 Å². The summed E-state index contributed by atoms with van der Waals surface area (Å²) in [5.41, 5.74) is 13.3. The van der Waals surface area contributed by atoms with Crippen LogP contribution >= 0.6 is 0 Å². The van der Waals surface area contributed by atoms with E-state index in [1.165, 1.54) is 30.1 Å². The van der Waals surface area contributed by atoms with Crippen molar-refractivity contribution in [3.63, 3.8) is 0 Å². The van der Waals surface area contributed by atoms with Gasteiger partial charge in [-0.05, 0) is 32.3 Å². The van der Waals surface area contributed by atoms with Gasteiger partial charge in [0, 0.05) is 37.4 Å². The van der Waals surface area contributed by atoms with Crippen LogP contribution in [0.25, 0.3) is 11.3 Å². The van der Waals surface area contributed by atoms with Gasteiger partial charge in [0.1, 0.15) is 5.82 Å². The summed E-state index contributed by atoms with van der Waals surface area (Å²) in [4.78, 5) is 26.0. The second kappa shape index (κ2) is 8.98. The van der Waals surface area contributed by atoms with Crippen LogP contribution < -0.4 is 21.4 Å². The number of carbonyl (C=O) groups excluding carboxylic acids is 1. The monoisotopic (exact) mass is 483 g/mol. The Bertz CT molecular complexity index is 1080. The minimum absolute atomic E-state index is 0.141. The molecule has 2 aliphatic heterocycles. The molecule has 0 aliphatic carbocycles. The van der Waals surface area contributed by atoms with Gasteiger partial charge in [-0.3, -0.25) is 10.6 Å². The highest BCUT2D eigenvalue weighted by molar-refractivity contribution is 5.79. The molecule has 184 valence electrons. The van der Waals surface area contributed by atoms with Crippen molar-refractivity contribution in [1.82, 2.24) is 14.8 Å². The lowest BCUT2D eigenvalue weighted by Crippen LogP contribution is -2.60. The molecule has 0 bridgehead atoms. The van der Waals surface area contributed by atoms with Gasteiger partial charge in [0.2, 0.25) is 0 Å². The summed E-state index contributed by atoms with van der Waals surface area (Å²) in [6.07, 6.45) is -7.45. The Labute approximate surface area is 193 Å². The van der Waals surface area contributed by atoms with E-state index in [1.807, 2.05) is 11.9 Å². The molecule has 1 aromatic carbocycles. The number of rotatable bonds is 3. The number of alkyl halides is 3. The van der Waals surface area contributed by atoms with Crippen LogP contribution in [0.3, 0.4) is 0 Å². The Kier molecular flexibility index (Phi) is 6.38. The Hall–Kier alpha value is -3.00. The molecular formula is C21H25F4N7O2. The third-order valence-electron chi connectivity index (χ3n) is 6.03. The highest BCUT2D eigenvalue weighted by Gasteiger charge is 2.46. The number of nitrogens with zero attached hydrogens (tertiary/aromatic N) is 5. The number of nitrogens with two attached hydrogens (primary N) is 2. The number of hydroxylamine groups is 1. The highest BCUT2D eigenvalue weighted by atomic mass is 19.4. The normalized spacial score (nSPS) is 22.0. The molecule has 0 amide bonds. The Morgan fingerprint density at radius 1 is 1.09 bits per heavy atom. The number of halogens is 4. The number of aromatic nitrogens is 1. The van der Waals surface area contributed by atoms with E-state index < -0.39 is 30.4 Å². The van der Waals surface area contributed by atoms with E-state index in [9.17, 15) is 18.0 Å². The van der Waals surface area contributed by atoms with Crippen LogP contribution in [-0.2, 0) is 9.63 Å². The number of hydrogen-bond donors (Lipinski definition) is 2. The van der Waals surface area contributed by atoms with E-state index in [0.717, 1.165) is 13.1 Å². The van der Waals surface area contributed by atoms with Crippen molar-refractivity contribution in [2.45, 2.75) is 18.6 Å². The maximum absolute atomic E-state index is 15.1. The van der Waals surface area contributed by atoms with Gasteiger partial charge in [-0.2, -0.15) is 18.2 Å². The lowest BCUT2D eigenvalue weighted by Gasteiger charge is -2.42. The first-order chi connectivity index (χ1) is 16.0. The topological polar surface area (TPSA) is 104 Å². The fourth-order valence-corrected chi connectivity index (χ4v) is 4.00. The number of piperazine rings is 1. The number of hydrogen-bond acceptors (Lipinski definition) is 9. The molecule has 1 saturated heterocycles. The lowest BCUT2D eigenvalue weighted by atomic mass is 10.0. The first kappa shape index (κ1) is 24.1. The van der Waals surface area contributed by atoms with Crippen LogP contribution in [0.15, 0.2) is 30.3 Å². The summed E-state index contributed by atoms with van der Waals surface area (Å²) in [7, 11) is 3.46. The largest absolute Gasteiger partial charge is 0.493 e. The summed E-state index contributed by atoms with van der Waals surface area (Å²) in [6, 6.07) is 7.67. The second-order valence-corrected chi connectivity index (χ2v) is 8.26. The molecule has 13 heteroatoms. The Balaban J connectivity index is 1.79. The number of anilines is 2. The molecule has 4 N–H and O–H groups in total. The van der Waals surface area contributed by atoms with E-state index >= 15 is 4.39 Å². The van der Waals surface area contributed by atoms with Gasteiger partial charge in [0.15, 0.2) is 12.1 Å². The van der Waals surface area contributed by atoms with Gasteiger partial charge in [-0.1, -0.05) is 12.1 Å². The molecule has 3 heterocycles. The number of fused-ring (bicyclic) bond motifs is 1. The summed E-state index contributed by atoms with van der Waals surface area (Å²) >= 11 is 0. The van der Waals surface area contributed by atoms with E-state index in [4.69, 9.17) is 11.5 Å². The van der Waals surface area contributed by atoms with Crippen LogP contribution in [0.4, 0.5) is 29.1 Å². The van der Waals surface area contributed by atoms with Crippen LogP contribution in [-0.4, -0.2) is 73.5 Å². The van der Waals surface area contributed by atoms with Crippen LogP contribution in [0, 0.1) is 5.82 Å². The molecule has 0 saturated carbocycles. The van der Waals surface area contributed by atoms with Crippen molar-refractivity contribution < 1.29 is 27.2 Å². The van der Waals surface area contributed by atoms with Crippen LogP contribution in [0.2, 0.25) is 0 Å². The van der Waals surface area contributed by atoms with Crippen molar-refractivity contribution in [2.75, 3.05) is 50.2 Å². The second-order valence-electron chi connectivity index (χ2n) is 8.26. The van der Waals surface area contributed by atoms with Gasteiger partial charge in [0.05, 0.1) is 17.4 Å². The maximum Gasteiger partial charge on any atom is 0.493 e. The van der Waals surface area contributed by atoms with Crippen molar-refractivity contribution >= 4 is 17.5 Å². The molecule has 9 nitrogen and oxygen atoms in total. The number of benzene rings is 1. The molecule has 2 aliphatic rings. The van der Waals surface area contributed by atoms with Crippen LogP contribution in [0.1, 0.15) is 11.7 Å². The highest BCUT2D eigenvalue weighted by Crippen LogP contribution is 2.38. The average molecular weight is 483 g/mol. The molecule has 1 fully saturated rings. The summed E-state index contributed by atoms with van der Waals surface area (Å²) in [6.45, 7) is 2.89. The van der Waals surface area contributed by atoms with Gasteiger partial charge < -0.3 is 20.4 Å². The fraction of sp³-hybridized carbons (Fsp3) is 0.429. The first-order valence-corrected chi connectivity index (χ1v) is 10.5. The average Bonchev–Trinajstić information content (AvgIpc) is 2.79. The van der Waals surface area contributed by atoms with Crippen molar-refractivity contribution in [3.05, 3.63) is 41.7 Å². The summed E-state index contributed by atoms with van der Waals surface area (Å²) < 4.78 is 53.8. The van der Waals surface area contributed by atoms with E-state index in [1.54, 1.807) is 12.1 Å². The van der Waals surface area contributed by atoms with Gasteiger partial charge in [0.25, 0.3) is 0 Å². The minimum atomic E-state index is -5.25. The first-order valence-electron chi connectivity index (χ1n) is 10.5.